The molecule has 128 valence electrons. The number of amides is 3. The molecular weight excluding hydrogens is 310 g/mol. The van der Waals surface area contributed by atoms with Gasteiger partial charge in [0.15, 0.2) is 6.04 Å². The predicted molar refractivity (Wildman–Crippen MR) is 87.4 cm³/mol. The van der Waals surface area contributed by atoms with Gasteiger partial charge in [-0.15, -0.1) is 0 Å². The van der Waals surface area contributed by atoms with Crippen LogP contribution in [0.1, 0.15) is 19.3 Å². The third-order valence-electron chi connectivity index (χ3n) is 4.76. The Labute approximate surface area is 140 Å². The van der Waals surface area contributed by atoms with Crippen LogP contribution in [0.4, 0.5) is 10.5 Å². The minimum atomic E-state index is -1.13. The first-order valence-corrected chi connectivity index (χ1v) is 8.20. The van der Waals surface area contributed by atoms with Crippen LogP contribution in [0.2, 0.25) is 0 Å². The molecule has 2 aliphatic heterocycles. The van der Waals surface area contributed by atoms with Gasteiger partial charge in [-0.2, -0.15) is 0 Å². The summed E-state index contributed by atoms with van der Waals surface area (Å²) in [5, 5.41) is 15.3. The lowest BCUT2D eigenvalue weighted by atomic mass is 9.78. The van der Waals surface area contributed by atoms with E-state index in [2.05, 4.69) is 10.6 Å². The number of nitrogens with one attached hydrogen (secondary N) is 2. The predicted octanol–water partition coefficient (Wildman–Crippen LogP) is 1.52. The Bertz CT molecular complexity index is 628. The van der Waals surface area contributed by atoms with Gasteiger partial charge in [-0.3, -0.25) is 4.79 Å². The number of nitrogens with zero attached hydrogens (tertiary/aromatic N) is 1. The van der Waals surface area contributed by atoms with E-state index in [-0.39, 0.29) is 0 Å². The van der Waals surface area contributed by atoms with Crippen LogP contribution in [-0.2, 0) is 9.59 Å². The fourth-order valence-electron chi connectivity index (χ4n) is 3.47. The SMILES string of the molecule is O=C(O)[C@@H]1[C@@H](CC2CCNCC2)C(=O)N1C(=O)Nc1ccccc1. The standard InChI is InChI=1S/C17H21N3O4/c21-15-13(10-11-6-8-18-9-7-11)14(16(22)23)20(15)17(24)19-12-4-2-1-3-5-12/h1-5,11,13-14,18H,6-10H2,(H,19,24)(H,22,23)/t13-,14+/m1/s1. The summed E-state index contributed by atoms with van der Waals surface area (Å²) >= 11 is 0. The third kappa shape index (κ3) is 3.26. The fraction of sp³-hybridized carbons (Fsp3) is 0.471. The molecule has 0 radical (unpaired) electrons. The number of likely N-dealkylation sites (tertiary alicyclic amines) is 1. The topological polar surface area (TPSA) is 98.7 Å². The quantitative estimate of drug-likeness (QED) is 0.727. The molecule has 0 saturated carbocycles. The van der Waals surface area contributed by atoms with Crippen LogP contribution in [0.5, 0.6) is 0 Å². The average molecular weight is 331 g/mol. The van der Waals surface area contributed by atoms with Crippen LogP contribution in [0.3, 0.4) is 0 Å². The molecule has 7 heteroatoms. The molecule has 24 heavy (non-hydrogen) atoms. The van der Waals surface area contributed by atoms with Crippen LogP contribution in [0, 0.1) is 11.8 Å². The van der Waals surface area contributed by atoms with Crippen molar-refractivity contribution in [3.05, 3.63) is 30.3 Å². The number of carbonyl (C=O) groups excluding carboxylic acids is 2. The first kappa shape index (κ1) is 16.4. The van der Waals surface area contributed by atoms with E-state index in [0.29, 0.717) is 18.0 Å². The van der Waals surface area contributed by atoms with Crippen LogP contribution < -0.4 is 10.6 Å². The van der Waals surface area contributed by atoms with Gasteiger partial charge in [0.1, 0.15) is 0 Å². The number of para-hydroxylation sites is 1. The zero-order chi connectivity index (χ0) is 17.1. The second-order valence-corrected chi connectivity index (χ2v) is 6.32. The number of benzene rings is 1. The summed E-state index contributed by atoms with van der Waals surface area (Å²) in [6.07, 6.45) is 2.41. The van der Waals surface area contributed by atoms with Gasteiger partial charge >= 0.3 is 12.0 Å². The van der Waals surface area contributed by atoms with Crippen molar-refractivity contribution in [1.29, 1.82) is 0 Å². The summed E-state index contributed by atoms with van der Waals surface area (Å²) in [5.41, 5.74) is 0.529. The monoisotopic (exact) mass is 331 g/mol. The van der Waals surface area contributed by atoms with Gasteiger partial charge in [-0.1, -0.05) is 18.2 Å². The minimum Gasteiger partial charge on any atom is -0.480 e. The maximum Gasteiger partial charge on any atom is 0.329 e. The second kappa shape index (κ2) is 7.00. The van der Waals surface area contributed by atoms with E-state index in [9.17, 15) is 19.5 Å². The lowest BCUT2D eigenvalue weighted by Crippen LogP contribution is -2.67. The Kier molecular flexibility index (Phi) is 4.80. The summed E-state index contributed by atoms with van der Waals surface area (Å²) in [6, 6.07) is 6.93. The normalized spacial score (nSPS) is 24.3. The maximum atomic E-state index is 12.4. The van der Waals surface area contributed by atoms with Crippen molar-refractivity contribution < 1.29 is 19.5 Å². The molecule has 3 rings (SSSR count). The average Bonchev–Trinajstić information content (AvgIpc) is 2.58. The summed E-state index contributed by atoms with van der Waals surface area (Å²) < 4.78 is 0. The molecule has 1 aromatic carbocycles. The molecule has 0 aliphatic carbocycles. The smallest absolute Gasteiger partial charge is 0.329 e. The third-order valence-corrected chi connectivity index (χ3v) is 4.76. The van der Waals surface area contributed by atoms with E-state index in [1.165, 1.54) is 0 Å². The number of rotatable bonds is 4. The van der Waals surface area contributed by atoms with Gasteiger partial charge in [-0.05, 0) is 50.4 Å². The minimum absolute atomic E-state index is 0.335. The van der Waals surface area contributed by atoms with Gasteiger partial charge < -0.3 is 15.7 Å². The Morgan fingerprint density at radius 2 is 1.88 bits per heavy atom. The molecule has 2 atom stereocenters. The van der Waals surface area contributed by atoms with E-state index < -0.39 is 29.9 Å². The number of β-lactam (4-membered cyclic amide) rings is 1. The molecule has 7 nitrogen and oxygen atoms in total. The number of anilines is 1. The summed E-state index contributed by atoms with van der Waals surface area (Å²) in [6.45, 7) is 1.78. The second-order valence-electron chi connectivity index (χ2n) is 6.32. The van der Waals surface area contributed by atoms with Gasteiger partial charge in [-0.25, -0.2) is 14.5 Å². The van der Waals surface area contributed by atoms with Crippen LogP contribution in [0.25, 0.3) is 0 Å². The number of carboxylic acid groups (broad SMARTS) is 1. The van der Waals surface area contributed by atoms with Gasteiger partial charge in [0, 0.05) is 5.69 Å². The number of piperidine rings is 1. The Hall–Kier alpha value is -2.41. The number of carboxylic acids is 1. The Morgan fingerprint density at radius 3 is 2.50 bits per heavy atom. The van der Waals surface area contributed by atoms with Crippen LogP contribution >= 0.6 is 0 Å². The molecule has 0 bridgehead atoms. The first-order valence-electron chi connectivity index (χ1n) is 8.20. The summed E-state index contributed by atoms with van der Waals surface area (Å²) in [5.74, 6) is -1.79. The van der Waals surface area contributed by atoms with Crippen LogP contribution in [-0.4, -0.2) is 47.0 Å². The molecule has 3 amide bonds. The molecule has 2 heterocycles. The number of hydrogen-bond acceptors (Lipinski definition) is 4. The largest absolute Gasteiger partial charge is 0.480 e. The van der Waals surface area contributed by atoms with E-state index in [1.807, 2.05) is 0 Å². The molecule has 1 aromatic rings. The van der Waals surface area contributed by atoms with Gasteiger partial charge in [0.2, 0.25) is 5.91 Å². The molecule has 2 aliphatic rings. The zero-order valence-corrected chi connectivity index (χ0v) is 13.3. The van der Waals surface area contributed by atoms with Crippen molar-refractivity contribution in [3.8, 4) is 0 Å². The number of imide groups is 1. The van der Waals surface area contributed by atoms with Crippen molar-refractivity contribution >= 4 is 23.6 Å². The molecule has 3 N–H and O–H groups in total. The number of hydrogen-bond donors (Lipinski definition) is 3. The highest BCUT2D eigenvalue weighted by Gasteiger charge is 2.55. The summed E-state index contributed by atoms with van der Waals surface area (Å²) in [4.78, 5) is 37.0. The Balaban J connectivity index is 1.66. The molecule has 0 unspecified atom stereocenters. The lowest BCUT2D eigenvalue weighted by molar-refractivity contribution is -0.166. The van der Waals surface area contributed by atoms with Crippen molar-refractivity contribution in [2.75, 3.05) is 18.4 Å². The Morgan fingerprint density at radius 1 is 1.21 bits per heavy atom. The van der Waals surface area contributed by atoms with E-state index >= 15 is 0 Å². The zero-order valence-electron chi connectivity index (χ0n) is 13.3. The summed E-state index contributed by atoms with van der Waals surface area (Å²) in [7, 11) is 0. The van der Waals surface area contributed by atoms with Crippen molar-refractivity contribution in [3.63, 3.8) is 0 Å². The number of carbonyl (C=O) groups is 3. The lowest BCUT2D eigenvalue weighted by Gasteiger charge is -2.44. The van der Waals surface area contributed by atoms with Crippen molar-refractivity contribution in [1.82, 2.24) is 10.2 Å². The highest BCUT2D eigenvalue weighted by Crippen LogP contribution is 2.35. The highest BCUT2D eigenvalue weighted by atomic mass is 16.4. The molecular formula is C17H21N3O4. The fourth-order valence-corrected chi connectivity index (χ4v) is 3.47. The van der Waals surface area contributed by atoms with Crippen LogP contribution in [0.15, 0.2) is 30.3 Å². The highest BCUT2D eigenvalue weighted by molar-refractivity contribution is 6.11. The number of aliphatic carboxylic acids is 1. The number of urea groups is 1. The molecule has 2 saturated heterocycles. The van der Waals surface area contributed by atoms with Crippen molar-refractivity contribution in [2.45, 2.75) is 25.3 Å². The van der Waals surface area contributed by atoms with Crippen molar-refractivity contribution in [2.24, 2.45) is 11.8 Å². The van der Waals surface area contributed by atoms with E-state index in [4.69, 9.17) is 0 Å². The molecule has 0 aromatic heterocycles. The van der Waals surface area contributed by atoms with Gasteiger partial charge in [0.05, 0.1) is 5.92 Å². The van der Waals surface area contributed by atoms with E-state index in [1.54, 1.807) is 30.3 Å². The maximum absolute atomic E-state index is 12.4. The first-order chi connectivity index (χ1) is 11.6. The molecule has 0 spiro atoms. The van der Waals surface area contributed by atoms with Gasteiger partial charge in [0.25, 0.3) is 0 Å². The van der Waals surface area contributed by atoms with E-state index in [0.717, 1.165) is 30.8 Å². The molecule has 2 fully saturated rings.